The zero-order valence-electron chi connectivity index (χ0n) is 11.2. The maximum atomic E-state index is 11.9. The van der Waals surface area contributed by atoms with Crippen LogP contribution in [0.2, 0.25) is 0 Å². The lowest BCUT2D eigenvalue weighted by Gasteiger charge is -2.06. The fourth-order valence-electron chi connectivity index (χ4n) is 1.92. The van der Waals surface area contributed by atoms with E-state index in [0.717, 1.165) is 11.3 Å². The smallest absolute Gasteiger partial charge is 0.340 e. The Morgan fingerprint density at radius 3 is 2.65 bits per heavy atom. The highest BCUT2D eigenvalue weighted by Gasteiger charge is 2.20. The molecule has 0 radical (unpaired) electrons. The number of hydrogen-bond donors (Lipinski definition) is 2. The molecule has 2 aromatic rings. The predicted molar refractivity (Wildman–Crippen MR) is 77.9 cm³/mol. The van der Waals surface area contributed by atoms with Crippen molar-refractivity contribution >= 4 is 39.1 Å². The lowest BCUT2D eigenvalue weighted by Crippen LogP contribution is -2.11. The van der Waals surface area contributed by atoms with Gasteiger partial charge in [0.05, 0.1) is 23.6 Å². The van der Waals surface area contributed by atoms with Gasteiger partial charge in [-0.3, -0.25) is 4.79 Å². The van der Waals surface area contributed by atoms with Crippen molar-refractivity contribution in [3.63, 3.8) is 0 Å². The van der Waals surface area contributed by atoms with Crippen LogP contribution in [-0.4, -0.2) is 23.5 Å². The van der Waals surface area contributed by atoms with Crippen LogP contribution in [0.1, 0.15) is 39.6 Å². The summed E-state index contributed by atoms with van der Waals surface area (Å²) in [7, 11) is 0. The Morgan fingerprint density at radius 1 is 1.40 bits per heavy atom. The summed E-state index contributed by atoms with van der Waals surface area (Å²) in [6.45, 7) is 3.91. The third-order valence-corrected chi connectivity index (χ3v) is 3.98. The molecule has 2 rings (SSSR count). The highest BCUT2D eigenvalue weighted by molar-refractivity contribution is 7.21. The third-order valence-electron chi connectivity index (χ3n) is 2.85. The average Bonchev–Trinajstić information content (AvgIpc) is 2.74. The molecule has 0 aliphatic rings. The zero-order valence-corrected chi connectivity index (χ0v) is 12.0. The minimum absolute atomic E-state index is 0.260. The number of esters is 1. The van der Waals surface area contributed by atoms with E-state index in [0.29, 0.717) is 27.9 Å². The summed E-state index contributed by atoms with van der Waals surface area (Å²) in [6.07, 6.45) is 0.577. The van der Waals surface area contributed by atoms with Gasteiger partial charge in [0, 0.05) is 5.39 Å². The fourth-order valence-corrected chi connectivity index (χ4v) is 2.86. The number of nitrogens with two attached hydrogens (primary N) is 2. The van der Waals surface area contributed by atoms with E-state index >= 15 is 0 Å². The standard InChI is InChI=1S/C13H15N3O3S/c1-3-8-6(13(18)19-4-2)5-7-9(14)10(11(15)17)20-12(7)16-8/h5H,3-4,14H2,1-2H3,(H2,15,17). The van der Waals surface area contributed by atoms with Gasteiger partial charge in [0.2, 0.25) is 0 Å². The van der Waals surface area contributed by atoms with Gasteiger partial charge in [0.25, 0.3) is 5.91 Å². The minimum Gasteiger partial charge on any atom is -0.462 e. The second kappa shape index (κ2) is 5.46. The molecule has 0 saturated heterocycles. The van der Waals surface area contributed by atoms with Crippen molar-refractivity contribution in [1.29, 1.82) is 0 Å². The summed E-state index contributed by atoms with van der Waals surface area (Å²) in [5, 5.41) is 0.559. The number of amides is 1. The van der Waals surface area contributed by atoms with Gasteiger partial charge in [0.1, 0.15) is 9.71 Å². The number of aryl methyl sites for hydroxylation is 1. The van der Waals surface area contributed by atoms with E-state index in [2.05, 4.69) is 4.98 Å². The van der Waals surface area contributed by atoms with Crippen LogP contribution in [-0.2, 0) is 11.2 Å². The fraction of sp³-hybridized carbons (Fsp3) is 0.308. The lowest BCUT2D eigenvalue weighted by atomic mass is 10.1. The van der Waals surface area contributed by atoms with Gasteiger partial charge in [-0.15, -0.1) is 11.3 Å². The van der Waals surface area contributed by atoms with Gasteiger partial charge < -0.3 is 16.2 Å². The van der Waals surface area contributed by atoms with Crippen molar-refractivity contribution in [2.75, 3.05) is 12.3 Å². The number of fused-ring (bicyclic) bond motifs is 1. The monoisotopic (exact) mass is 293 g/mol. The van der Waals surface area contributed by atoms with Crippen molar-refractivity contribution in [2.45, 2.75) is 20.3 Å². The van der Waals surface area contributed by atoms with Crippen LogP contribution >= 0.6 is 11.3 Å². The SMILES string of the molecule is CCOC(=O)c1cc2c(N)c(C(N)=O)sc2nc1CC. The summed E-state index contributed by atoms with van der Waals surface area (Å²) >= 11 is 1.13. The second-order valence-electron chi connectivity index (χ2n) is 4.12. The van der Waals surface area contributed by atoms with E-state index in [1.165, 1.54) is 0 Å². The van der Waals surface area contributed by atoms with Crippen LogP contribution < -0.4 is 11.5 Å². The summed E-state index contributed by atoms with van der Waals surface area (Å²) in [4.78, 5) is 28.5. The second-order valence-corrected chi connectivity index (χ2v) is 5.12. The first-order valence-corrected chi connectivity index (χ1v) is 7.00. The Hall–Kier alpha value is -2.15. The number of aromatic nitrogens is 1. The Labute approximate surface area is 119 Å². The first-order chi connectivity index (χ1) is 9.49. The number of ether oxygens (including phenoxy) is 1. The molecule has 0 aromatic carbocycles. The molecule has 0 bridgehead atoms. The molecule has 0 aliphatic carbocycles. The lowest BCUT2D eigenvalue weighted by molar-refractivity contribution is 0.0524. The maximum absolute atomic E-state index is 11.9. The van der Waals surface area contributed by atoms with Crippen molar-refractivity contribution in [3.8, 4) is 0 Å². The summed E-state index contributed by atoms with van der Waals surface area (Å²) in [6, 6.07) is 1.62. The van der Waals surface area contributed by atoms with Crippen molar-refractivity contribution in [3.05, 3.63) is 22.2 Å². The molecule has 2 aromatic heterocycles. The summed E-state index contributed by atoms with van der Waals surface area (Å²) < 4.78 is 5.01. The zero-order chi connectivity index (χ0) is 14.9. The summed E-state index contributed by atoms with van der Waals surface area (Å²) in [5.41, 5.74) is 12.4. The van der Waals surface area contributed by atoms with Gasteiger partial charge >= 0.3 is 5.97 Å². The first kappa shape index (κ1) is 14.3. The van der Waals surface area contributed by atoms with Crippen molar-refractivity contribution in [2.24, 2.45) is 5.73 Å². The maximum Gasteiger partial charge on any atom is 0.340 e. The molecule has 0 spiro atoms. The van der Waals surface area contributed by atoms with E-state index in [9.17, 15) is 9.59 Å². The first-order valence-electron chi connectivity index (χ1n) is 6.18. The molecule has 1 amide bonds. The molecule has 7 heteroatoms. The van der Waals surface area contributed by atoms with E-state index in [1.807, 2.05) is 6.92 Å². The van der Waals surface area contributed by atoms with E-state index in [1.54, 1.807) is 13.0 Å². The molecule has 20 heavy (non-hydrogen) atoms. The Kier molecular flexibility index (Phi) is 3.89. The largest absolute Gasteiger partial charge is 0.462 e. The van der Waals surface area contributed by atoms with Crippen LogP contribution in [0.3, 0.4) is 0 Å². The van der Waals surface area contributed by atoms with Gasteiger partial charge in [-0.25, -0.2) is 9.78 Å². The molecule has 6 nitrogen and oxygen atoms in total. The molecule has 0 saturated carbocycles. The summed E-state index contributed by atoms with van der Waals surface area (Å²) in [5.74, 6) is -1.04. The van der Waals surface area contributed by atoms with Crippen LogP contribution in [0.4, 0.5) is 5.69 Å². The van der Waals surface area contributed by atoms with Crippen molar-refractivity contribution < 1.29 is 14.3 Å². The van der Waals surface area contributed by atoms with Crippen LogP contribution in [0.5, 0.6) is 0 Å². The number of nitrogen functional groups attached to an aromatic ring is 1. The molecule has 0 aliphatic heterocycles. The van der Waals surface area contributed by atoms with Gasteiger partial charge in [-0.05, 0) is 19.4 Å². The van der Waals surface area contributed by atoms with Gasteiger partial charge in [-0.1, -0.05) is 6.92 Å². The minimum atomic E-state index is -0.596. The van der Waals surface area contributed by atoms with Crippen molar-refractivity contribution in [1.82, 2.24) is 4.98 Å². The molecule has 0 atom stereocenters. The Bertz CT molecular complexity index is 694. The molecule has 0 unspecified atom stereocenters. The number of rotatable bonds is 4. The normalized spacial score (nSPS) is 10.7. The van der Waals surface area contributed by atoms with E-state index in [-0.39, 0.29) is 17.2 Å². The predicted octanol–water partition coefficient (Wildman–Crippen LogP) is 1.72. The Balaban J connectivity index is 2.67. The number of primary amides is 1. The Morgan fingerprint density at radius 2 is 2.10 bits per heavy atom. The average molecular weight is 293 g/mol. The number of nitrogens with zero attached hydrogens (tertiary/aromatic N) is 1. The number of thiophene rings is 1. The van der Waals surface area contributed by atoms with Crippen LogP contribution in [0.25, 0.3) is 10.2 Å². The number of carbonyl (C=O) groups excluding carboxylic acids is 2. The number of hydrogen-bond acceptors (Lipinski definition) is 6. The number of pyridine rings is 1. The topological polar surface area (TPSA) is 108 Å². The highest BCUT2D eigenvalue weighted by atomic mass is 32.1. The van der Waals surface area contributed by atoms with E-state index < -0.39 is 11.9 Å². The molecule has 4 N–H and O–H groups in total. The van der Waals surface area contributed by atoms with Gasteiger partial charge in [-0.2, -0.15) is 0 Å². The van der Waals surface area contributed by atoms with Gasteiger partial charge in [0.15, 0.2) is 0 Å². The number of carbonyl (C=O) groups is 2. The van der Waals surface area contributed by atoms with E-state index in [4.69, 9.17) is 16.2 Å². The van der Waals surface area contributed by atoms with Crippen LogP contribution in [0, 0.1) is 0 Å². The quantitative estimate of drug-likeness (QED) is 0.834. The third kappa shape index (κ3) is 2.32. The molecular formula is C13H15N3O3S. The molecule has 0 fully saturated rings. The molecule has 2 heterocycles. The molecule has 106 valence electrons. The molecular weight excluding hydrogens is 278 g/mol. The number of anilines is 1. The highest BCUT2D eigenvalue weighted by Crippen LogP contribution is 2.33. The van der Waals surface area contributed by atoms with Crippen LogP contribution in [0.15, 0.2) is 6.07 Å².